The van der Waals surface area contributed by atoms with Crippen molar-refractivity contribution in [3.8, 4) is 0 Å². The highest BCUT2D eigenvalue weighted by Crippen LogP contribution is 2.38. The molecule has 11 heavy (non-hydrogen) atoms. The summed E-state index contributed by atoms with van der Waals surface area (Å²) in [5, 5.41) is 9.51. The minimum absolute atomic E-state index is 0.300. The molecule has 0 unspecified atom stereocenters. The number of aromatic amines is 1. The van der Waals surface area contributed by atoms with E-state index in [1.165, 1.54) is 5.69 Å². The maximum absolute atomic E-state index is 9.51. The average Bonchev–Trinajstić information content (AvgIpc) is 2.53. The second-order valence-corrected chi connectivity index (χ2v) is 3.42. The molecule has 0 radical (unpaired) electrons. The summed E-state index contributed by atoms with van der Waals surface area (Å²) >= 11 is 0. The summed E-state index contributed by atoms with van der Waals surface area (Å²) < 4.78 is 0. The fraction of sp³-hybridized carbons (Fsp3) is 0.556. The molecule has 2 rings (SSSR count). The van der Waals surface area contributed by atoms with Crippen LogP contribution < -0.4 is 0 Å². The Morgan fingerprint density at radius 1 is 1.55 bits per heavy atom. The largest absolute Gasteiger partial charge is 0.390 e. The lowest BCUT2D eigenvalue weighted by Gasteiger charge is -2.04. The molecular formula is C9H13NO. The molecular weight excluding hydrogens is 138 g/mol. The molecule has 1 heterocycles. The Morgan fingerprint density at radius 3 is 2.91 bits per heavy atom. The number of H-pyrrole nitrogens is 1. The SMILES string of the molecule is OC1(CCc2ccc[nH]2)CC1. The van der Waals surface area contributed by atoms with Gasteiger partial charge < -0.3 is 10.1 Å². The maximum atomic E-state index is 9.51. The van der Waals surface area contributed by atoms with Crippen molar-refractivity contribution in [1.29, 1.82) is 0 Å². The molecule has 1 aliphatic carbocycles. The lowest BCUT2D eigenvalue weighted by atomic mass is 10.1. The van der Waals surface area contributed by atoms with Gasteiger partial charge in [-0.25, -0.2) is 0 Å². The zero-order valence-corrected chi connectivity index (χ0v) is 6.51. The smallest absolute Gasteiger partial charge is 0.0653 e. The van der Waals surface area contributed by atoms with Gasteiger partial charge in [0, 0.05) is 11.9 Å². The van der Waals surface area contributed by atoms with Crippen molar-refractivity contribution >= 4 is 0 Å². The van der Waals surface area contributed by atoms with Crippen LogP contribution in [0.4, 0.5) is 0 Å². The molecule has 1 aliphatic rings. The van der Waals surface area contributed by atoms with Crippen LogP contribution in [0.2, 0.25) is 0 Å². The van der Waals surface area contributed by atoms with Crippen LogP contribution in [0.5, 0.6) is 0 Å². The standard InChI is InChI=1S/C9H13NO/c11-9(5-6-9)4-3-8-2-1-7-10-8/h1-2,7,10-11H,3-6H2. The monoisotopic (exact) mass is 151 g/mol. The van der Waals surface area contributed by atoms with Gasteiger partial charge in [0.1, 0.15) is 0 Å². The normalized spacial score (nSPS) is 20.1. The van der Waals surface area contributed by atoms with Crippen molar-refractivity contribution in [2.75, 3.05) is 0 Å². The molecule has 0 aromatic carbocycles. The van der Waals surface area contributed by atoms with Gasteiger partial charge in [0.15, 0.2) is 0 Å². The molecule has 0 atom stereocenters. The first-order valence-corrected chi connectivity index (χ1v) is 4.13. The van der Waals surface area contributed by atoms with E-state index in [-0.39, 0.29) is 5.60 Å². The van der Waals surface area contributed by atoms with Gasteiger partial charge in [-0.1, -0.05) is 0 Å². The quantitative estimate of drug-likeness (QED) is 0.674. The highest BCUT2D eigenvalue weighted by molar-refractivity contribution is 5.06. The van der Waals surface area contributed by atoms with E-state index in [1.54, 1.807) is 0 Å². The highest BCUT2D eigenvalue weighted by Gasteiger charge is 2.39. The first-order valence-electron chi connectivity index (χ1n) is 4.13. The molecule has 2 nitrogen and oxygen atoms in total. The number of rotatable bonds is 3. The van der Waals surface area contributed by atoms with Gasteiger partial charge in [0.05, 0.1) is 5.60 Å². The lowest BCUT2D eigenvalue weighted by Crippen LogP contribution is -2.07. The topological polar surface area (TPSA) is 36.0 Å². The number of hydrogen-bond acceptors (Lipinski definition) is 1. The van der Waals surface area contributed by atoms with E-state index < -0.39 is 0 Å². The van der Waals surface area contributed by atoms with E-state index in [4.69, 9.17) is 0 Å². The molecule has 0 aliphatic heterocycles. The fourth-order valence-electron chi connectivity index (χ4n) is 1.28. The molecule has 1 saturated carbocycles. The molecule has 1 fully saturated rings. The zero-order valence-electron chi connectivity index (χ0n) is 6.51. The summed E-state index contributed by atoms with van der Waals surface area (Å²) in [7, 11) is 0. The number of aryl methyl sites for hydroxylation is 1. The molecule has 2 heteroatoms. The number of hydrogen-bond donors (Lipinski definition) is 2. The Balaban J connectivity index is 1.83. The van der Waals surface area contributed by atoms with Gasteiger partial charge in [-0.3, -0.25) is 0 Å². The van der Waals surface area contributed by atoms with Crippen molar-refractivity contribution < 1.29 is 5.11 Å². The number of aliphatic hydroxyl groups is 1. The minimum atomic E-state index is -0.300. The van der Waals surface area contributed by atoms with Crippen LogP contribution in [0.15, 0.2) is 18.3 Å². The Kier molecular flexibility index (Phi) is 1.50. The third-order valence-corrected chi connectivity index (χ3v) is 2.35. The Labute approximate surface area is 66.3 Å². The van der Waals surface area contributed by atoms with Crippen molar-refractivity contribution in [2.24, 2.45) is 0 Å². The maximum Gasteiger partial charge on any atom is 0.0653 e. The summed E-state index contributed by atoms with van der Waals surface area (Å²) in [5.41, 5.74) is 0.927. The van der Waals surface area contributed by atoms with E-state index in [0.29, 0.717) is 0 Å². The summed E-state index contributed by atoms with van der Waals surface area (Å²) in [6.45, 7) is 0. The first kappa shape index (κ1) is 6.92. The van der Waals surface area contributed by atoms with Crippen molar-refractivity contribution in [2.45, 2.75) is 31.3 Å². The molecule has 0 bridgehead atoms. The van der Waals surface area contributed by atoms with Gasteiger partial charge >= 0.3 is 0 Å². The summed E-state index contributed by atoms with van der Waals surface area (Å²) in [5.74, 6) is 0. The van der Waals surface area contributed by atoms with Crippen LogP contribution in [-0.4, -0.2) is 15.7 Å². The third-order valence-electron chi connectivity index (χ3n) is 2.35. The average molecular weight is 151 g/mol. The molecule has 2 N–H and O–H groups in total. The van der Waals surface area contributed by atoms with E-state index in [9.17, 15) is 5.11 Å². The predicted molar refractivity (Wildman–Crippen MR) is 43.3 cm³/mol. The fourth-order valence-corrected chi connectivity index (χ4v) is 1.28. The second-order valence-electron chi connectivity index (χ2n) is 3.42. The third kappa shape index (κ3) is 1.63. The van der Waals surface area contributed by atoms with Gasteiger partial charge in [-0.2, -0.15) is 0 Å². The zero-order chi connectivity index (χ0) is 7.73. The predicted octanol–water partition coefficient (Wildman–Crippen LogP) is 1.47. The first-order chi connectivity index (χ1) is 5.29. The van der Waals surface area contributed by atoms with Gasteiger partial charge in [0.25, 0.3) is 0 Å². The highest BCUT2D eigenvalue weighted by atomic mass is 16.3. The molecule has 1 aromatic heterocycles. The summed E-state index contributed by atoms with van der Waals surface area (Å²) in [6, 6.07) is 4.05. The summed E-state index contributed by atoms with van der Waals surface area (Å²) in [4.78, 5) is 3.13. The van der Waals surface area contributed by atoms with Crippen LogP contribution in [0, 0.1) is 0 Å². The van der Waals surface area contributed by atoms with Gasteiger partial charge in [-0.15, -0.1) is 0 Å². The van der Waals surface area contributed by atoms with E-state index >= 15 is 0 Å². The molecule has 1 aromatic rings. The Morgan fingerprint density at radius 2 is 2.36 bits per heavy atom. The number of nitrogens with one attached hydrogen (secondary N) is 1. The van der Waals surface area contributed by atoms with Crippen LogP contribution in [0.3, 0.4) is 0 Å². The van der Waals surface area contributed by atoms with Crippen LogP contribution in [0.1, 0.15) is 25.0 Å². The van der Waals surface area contributed by atoms with Crippen molar-refractivity contribution in [3.63, 3.8) is 0 Å². The van der Waals surface area contributed by atoms with Crippen LogP contribution >= 0.6 is 0 Å². The molecule has 60 valence electrons. The second kappa shape index (κ2) is 2.38. The Hall–Kier alpha value is -0.760. The van der Waals surface area contributed by atoms with Crippen LogP contribution in [0.25, 0.3) is 0 Å². The van der Waals surface area contributed by atoms with Gasteiger partial charge in [-0.05, 0) is 37.8 Å². The summed E-state index contributed by atoms with van der Waals surface area (Å²) in [6.07, 6.45) is 5.80. The Bertz CT molecular complexity index is 224. The van der Waals surface area contributed by atoms with Crippen molar-refractivity contribution in [1.82, 2.24) is 4.98 Å². The number of aromatic nitrogens is 1. The lowest BCUT2D eigenvalue weighted by molar-refractivity contribution is 0.140. The van der Waals surface area contributed by atoms with E-state index in [2.05, 4.69) is 11.1 Å². The van der Waals surface area contributed by atoms with E-state index in [1.807, 2.05) is 12.3 Å². The van der Waals surface area contributed by atoms with Crippen LogP contribution in [-0.2, 0) is 6.42 Å². The molecule has 0 saturated heterocycles. The van der Waals surface area contributed by atoms with Crippen molar-refractivity contribution in [3.05, 3.63) is 24.0 Å². The van der Waals surface area contributed by atoms with E-state index in [0.717, 1.165) is 25.7 Å². The molecule has 0 amide bonds. The molecule has 0 spiro atoms. The minimum Gasteiger partial charge on any atom is -0.390 e. The van der Waals surface area contributed by atoms with Gasteiger partial charge in [0.2, 0.25) is 0 Å².